The number of rotatable bonds is 5. The largest absolute Gasteiger partial charge is 0.496 e. The molecule has 0 bridgehead atoms. The number of halogens is 1. The maximum Gasteiger partial charge on any atom is 0.310 e. The number of esters is 1. The molecule has 0 amide bonds. The van der Waals surface area contributed by atoms with Gasteiger partial charge in [-0.25, -0.2) is 4.39 Å². The molecular weight excluding hydrogens is 309 g/mol. The van der Waals surface area contributed by atoms with Crippen LogP contribution in [0.15, 0.2) is 30.3 Å². The van der Waals surface area contributed by atoms with Gasteiger partial charge < -0.3 is 14.8 Å². The van der Waals surface area contributed by atoms with E-state index < -0.39 is 0 Å². The number of benzene rings is 2. The van der Waals surface area contributed by atoms with E-state index in [0.29, 0.717) is 31.0 Å². The second-order valence-electron chi connectivity index (χ2n) is 5.67. The number of carbonyl (C=O) groups is 1. The highest BCUT2D eigenvalue weighted by Gasteiger charge is 2.21. The second-order valence-corrected chi connectivity index (χ2v) is 5.67. The molecule has 1 heterocycles. The van der Waals surface area contributed by atoms with Gasteiger partial charge in [-0.2, -0.15) is 0 Å². The Kier molecular flexibility index (Phi) is 4.81. The Bertz CT molecular complexity index is 773. The first-order chi connectivity index (χ1) is 11.6. The predicted octanol–water partition coefficient (Wildman–Crippen LogP) is 3.21. The molecule has 0 fully saturated rings. The molecule has 1 aliphatic rings. The lowest BCUT2D eigenvalue weighted by Crippen LogP contribution is -2.07. The van der Waals surface area contributed by atoms with E-state index in [2.05, 4.69) is 5.32 Å². The van der Waals surface area contributed by atoms with Crippen LogP contribution in [0.2, 0.25) is 0 Å². The smallest absolute Gasteiger partial charge is 0.310 e. The minimum absolute atomic E-state index is 0.194. The fourth-order valence-corrected chi connectivity index (χ4v) is 3.08. The third kappa shape index (κ3) is 3.12. The number of fused-ring (bicyclic) bond motifs is 1. The van der Waals surface area contributed by atoms with Crippen molar-refractivity contribution in [1.82, 2.24) is 5.32 Å². The molecule has 1 aliphatic heterocycles. The topological polar surface area (TPSA) is 47.6 Å². The Balaban J connectivity index is 2.04. The van der Waals surface area contributed by atoms with Crippen molar-refractivity contribution < 1.29 is 18.7 Å². The van der Waals surface area contributed by atoms with Gasteiger partial charge >= 0.3 is 5.97 Å². The SMILES string of the molecule is CCOC(=O)Cc1ccc(OC)c(-c2ccc(F)c3c2CNC3)c1. The summed E-state index contributed by atoms with van der Waals surface area (Å²) in [5.41, 5.74) is 4.28. The zero-order valence-corrected chi connectivity index (χ0v) is 13.8. The Morgan fingerprint density at radius 3 is 2.71 bits per heavy atom. The van der Waals surface area contributed by atoms with Crippen molar-refractivity contribution in [3.8, 4) is 16.9 Å². The molecule has 2 aromatic carbocycles. The van der Waals surface area contributed by atoms with Crippen LogP contribution in [0, 0.1) is 5.82 Å². The molecule has 24 heavy (non-hydrogen) atoms. The first-order valence-corrected chi connectivity index (χ1v) is 7.98. The van der Waals surface area contributed by atoms with E-state index in [1.54, 1.807) is 20.1 Å². The lowest BCUT2D eigenvalue weighted by atomic mass is 9.94. The summed E-state index contributed by atoms with van der Waals surface area (Å²) in [6.07, 6.45) is 0.201. The maximum atomic E-state index is 14.0. The first kappa shape index (κ1) is 16.5. The second kappa shape index (κ2) is 7.01. The molecule has 0 aliphatic carbocycles. The van der Waals surface area contributed by atoms with Gasteiger partial charge in [0.25, 0.3) is 0 Å². The molecule has 0 saturated carbocycles. The summed E-state index contributed by atoms with van der Waals surface area (Å²) in [7, 11) is 1.60. The van der Waals surface area contributed by atoms with Gasteiger partial charge in [0.15, 0.2) is 0 Å². The van der Waals surface area contributed by atoms with E-state index in [9.17, 15) is 9.18 Å². The van der Waals surface area contributed by atoms with Gasteiger partial charge in [-0.05, 0) is 41.8 Å². The zero-order valence-electron chi connectivity index (χ0n) is 13.8. The number of ether oxygens (including phenoxy) is 2. The lowest BCUT2D eigenvalue weighted by molar-refractivity contribution is -0.142. The molecule has 1 N–H and O–H groups in total. The highest BCUT2D eigenvalue weighted by Crippen LogP contribution is 2.37. The summed E-state index contributed by atoms with van der Waals surface area (Å²) in [5, 5.41) is 3.18. The normalized spacial score (nSPS) is 12.8. The standard InChI is InChI=1S/C19H20FNO3/c1-3-24-19(22)9-12-4-7-18(23-2)14(8-12)13-5-6-17(20)16-11-21-10-15(13)16/h4-8,21H,3,9-11H2,1-2H3. The fraction of sp³-hybridized carbons (Fsp3) is 0.316. The van der Waals surface area contributed by atoms with E-state index in [-0.39, 0.29) is 18.2 Å². The first-order valence-electron chi connectivity index (χ1n) is 7.98. The predicted molar refractivity (Wildman–Crippen MR) is 89.3 cm³/mol. The zero-order chi connectivity index (χ0) is 17.1. The minimum atomic E-state index is -0.264. The molecule has 126 valence electrons. The highest BCUT2D eigenvalue weighted by atomic mass is 19.1. The van der Waals surface area contributed by atoms with Crippen LogP contribution in [0.25, 0.3) is 11.1 Å². The van der Waals surface area contributed by atoms with E-state index in [0.717, 1.165) is 22.3 Å². The number of carbonyl (C=O) groups excluding carboxylic acids is 1. The van der Waals surface area contributed by atoms with Gasteiger partial charge in [0, 0.05) is 24.2 Å². The number of hydrogen-bond donors (Lipinski definition) is 1. The summed E-state index contributed by atoms with van der Waals surface area (Å²) in [5.74, 6) is 0.239. The van der Waals surface area contributed by atoms with Gasteiger partial charge in [-0.15, -0.1) is 0 Å². The molecule has 0 saturated heterocycles. The minimum Gasteiger partial charge on any atom is -0.496 e. The Labute approximate surface area is 140 Å². The molecule has 3 rings (SSSR count). The quantitative estimate of drug-likeness (QED) is 0.856. The maximum absolute atomic E-state index is 14.0. The van der Waals surface area contributed by atoms with Crippen molar-refractivity contribution >= 4 is 5.97 Å². The Hall–Kier alpha value is -2.40. The van der Waals surface area contributed by atoms with Crippen LogP contribution in [-0.2, 0) is 29.0 Å². The van der Waals surface area contributed by atoms with Crippen molar-refractivity contribution in [2.24, 2.45) is 0 Å². The average molecular weight is 329 g/mol. The third-order valence-electron chi connectivity index (χ3n) is 4.19. The van der Waals surface area contributed by atoms with Gasteiger partial charge in [0.05, 0.1) is 20.1 Å². The molecule has 0 radical (unpaired) electrons. The van der Waals surface area contributed by atoms with Crippen molar-refractivity contribution in [2.75, 3.05) is 13.7 Å². The Morgan fingerprint density at radius 2 is 1.96 bits per heavy atom. The van der Waals surface area contributed by atoms with Crippen LogP contribution in [0.3, 0.4) is 0 Å². The van der Waals surface area contributed by atoms with Gasteiger partial charge in [-0.3, -0.25) is 4.79 Å². The van der Waals surface area contributed by atoms with Crippen molar-refractivity contribution in [1.29, 1.82) is 0 Å². The summed E-state index contributed by atoms with van der Waals surface area (Å²) in [4.78, 5) is 11.7. The van der Waals surface area contributed by atoms with Gasteiger partial charge in [0.1, 0.15) is 11.6 Å². The van der Waals surface area contributed by atoms with Crippen molar-refractivity contribution in [2.45, 2.75) is 26.4 Å². The summed E-state index contributed by atoms with van der Waals surface area (Å²) < 4.78 is 24.4. The molecule has 0 unspecified atom stereocenters. The summed E-state index contributed by atoms with van der Waals surface area (Å²) >= 11 is 0. The van der Waals surface area contributed by atoms with E-state index in [1.165, 1.54) is 6.07 Å². The summed E-state index contributed by atoms with van der Waals surface area (Å²) in [6.45, 7) is 3.29. The molecular formula is C19H20FNO3. The molecule has 0 aromatic heterocycles. The summed E-state index contributed by atoms with van der Waals surface area (Å²) in [6, 6.07) is 8.86. The van der Waals surface area contributed by atoms with Crippen LogP contribution in [0.5, 0.6) is 5.75 Å². The average Bonchev–Trinajstić information content (AvgIpc) is 3.06. The number of hydrogen-bond acceptors (Lipinski definition) is 4. The van der Waals surface area contributed by atoms with Crippen molar-refractivity contribution in [3.63, 3.8) is 0 Å². The third-order valence-corrected chi connectivity index (χ3v) is 4.19. The van der Waals surface area contributed by atoms with Crippen LogP contribution in [0.4, 0.5) is 4.39 Å². The van der Waals surface area contributed by atoms with Gasteiger partial charge in [0.2, 0.25) is 0 Å². The molecule has 0 atom stereocenters. The monoisotopic (exact) mass is 329 g/mol. The van der Waals surface area contributed by atoms with Crippen LogP contribution < -0.4 is 10.1 Å². The van der Waals surface area contributed by atoms with Crippen molar-refractivity contribution in [3.05, 3.63) is 52.8 Å². The fourth-order valence-electron chi connectivity index (χ4n) is 3.08. The van der Waals surface area contributed by atoms with E-state index in [1.807, 2.05) is 18.2 Å². The van der Waals surface area contributed by atoms with Crippen LogP contribution >= 0.6 is 0 Å². The molecule has 4 nitrogen and oxygen atoms in total. The number of nitrogens with one attached hydrogen (secondary N) is 1. The van der Waals surface area contributed by atoms with Crippen LogP contribution in [0.1, 0.15) is 23.6 Å². The molecule has 5 heteroatoms. The highest BCUT2D eigenvalue weighted by molar-refractivity contribution is 5.78. The molecule has 2 aromatic rings. The van der Waals surface area contributed by atoms with Gasteiger partial charge in [-0.1, -0.05) is 12.1 Å². The van der Waals surface area contributed by atoms with E-state index in [4.69, 9.17) is 9.47 Å². The number of methoxy groups -OCH3 is 1. The van der Waals surface area contributed by atoms with E-state index >= 15 is 0 Å². The lowest BCUT2D eigenvalue weighted by Gasteiger charge is -2.14. The Morgan fingerprint density at radius 1 is 1.17 bits per heavy atom. The molecule has 0 spiro atoms. The van der Waals surface area contributed by atoms with Crippen LogP contribution in [-0.4, -0.2) is 19.7 Å².